The van der Waals surface area contributed by atoms with Crippen LogP contribution < -0.4 is 11.1 Å². The molecule has 1 aromatic rings. The SMILES string of the molecule is CC(NC(=O)COCCN)c1ncc[nH]1. The van der Waals surface area contributed by atoms with Crippen molar-refractivity contribution in [2.75, 3.05) is 19.8 Å². The predicted molar refractivity (Wildman–Crippen MR) is 55.0 cm³/mol. The van der Waals surface area contributed by atoms with Gasteiger partial charge >= 0.3 is 0 Å². The van der Waals surface area contributed by atoms with Crippen LogP contribution in [0.5, 0.6) is 0 Å². The van der Waals surface area contributed by atoms with Gasteiger partial charge in [0.2, 0.25) is 5.91 Å². The molecular weight excluding hydrogens is 196 g/mol. The molecule has 0 aliphatic carbocycles. The van der Waals surface area contributed by atoms with Crippen molar-refractivity contribution in [3.8, 4) is 0 Å². The summed E-state index contributed by atoms with van der Waals surface area (Å²) in [4.78, 5) is 18.3. The van der Waals surface area contributed by atoms with Crippen LogP contribution >= 0.6 is 0 Å². The van der Waals surface area contributed by atoms with Crippen molar-refractivity contribution in [1.29, 1.82) is 0 Å². The molecule has 0 aliphatic rings. The smallest absolute Gasteiger partial charge is 0.246 e. The van der Waals surface area contributed by atoms with Crippen molar-refractivity contribution in [3.05, 3.63) is 18.2 Å². The van der Waals surface area contributed by atoms with Gasteiger partial charge in [-0.1, -0.05) is 0 Å². The first-order valence-electron chi connectivity index (χ1n) is 4.80. The molecule has 1 rings (SSSR count). The molecule has 1 atom stereocenters. The summed E-state index contributed by atoms with van der Waals surface area (Å²) in [6.45, 7) is 2.69. The fourth-order valence-corrected chi connectivity index (χ4v) is 1.11. The van der Waals surface area contributed by atoms with E-state index in [0.717, 1.165) is 5.82 Å². The first kappa shape index (κ1) is 11.7. The number of aromatic amines is 1. The van der Waals surface area contributed by atoms with E-state index in [0.29, 0.717) is 13.2 Å². The number of imidazole rings is 1. The average Bonchev–Trinajstić information content (AvgIpc) is 2.70. The maximum atomic E-state index is 11.3. The Labute approximate surface area is 88.2 Å². The molecule has 4 N–H and O–H groups in total. The summed E-state index contributed by atoms with van der Waals surface area (Å²) < 4.78 is 5.00. The molecule has 0 spiro atoms. The summed E-state index contributed by atoms with van der Waals surface area (Å²) in [5.74, 6) is 0.550. The highest BCUT2D eigenvalue weighted by Gasteiger charge is 2.10. The number of amides is 1. The van der Waals surface area contributed by atoms with Gasteiger partial charge < -0.3 is 20.8 Å². The Kier molecular flexibility index (Phi) is 4.79. The monoisotopic (exact) mass is 212 g/mol. The topological polar surface area (TPSA) is 93.0 Å². The van der Waals surface area contributed by atoms with Gasteiger partial charge in [-0.15, -0.1) is 0 Å². The Balaban J connectivity index is 2.26. The van der Waals surface area contributed by atoms with Gasteiger partial charge in [-0.05, 0) is 6.92 Å². The molecule has 0 aliphatic heterocycles. The van der Waals surface area contributed by atoms with E-state index in [1.54, 1.807) is 12.4 Å². The zero-order chi connectivity index (χ0) is 11.1. The Morgan fingerprint density at radius 1 is 1.80 bits per heavy atom. The van der Waals surface area contributed by atoms with Crippen molar-refractivity contribution >= 4 is 5.91 Å². The summed E-state index contributed by atoms with van der Waals surface area (Å²) in [6, 6.07) is -0.144. The lowest BCUT2D eigenvalue weighted by atomic mass is 10.3. The number of hydrogen-bond donors (Lipinski definition) is 3. The van der Waals surface area contributed by atoms with Crippen LogP contribution in [0.15, 0.2) is 12.4 Å². The van der Waals surface area contributed by atoms with Crippen LogP contribution in [-0.2, 0) is 9.53 Å². The van der Waals surface area contributed by atoms with E-state index in [-0.39, 0.29) is 18.6 Å². The van der Waals surface area contributed by atoms with Gasteiger partial charge in [-0.25, -0.2) is 4.98 Å². The Hall–Kier alpha value is -1.40. The number of ether oxygens (including phenoxy) is 1. The van der Waals surface area contributed by atoms with Crippen molar-refractivity contribution in [1.82, 2.24) is 15.3 Å². The third-order valence-corrected chi connectivity index (χ3v) is 1.80. The number of nitrogens with zero attached hydrogens (tertiary/aromatic N) is 1. The van der Waals surface area contributed by atoms with Gasteiger partial charge in [-0.2, -0.15) is 0 Å². The molecule has 84 valence electrons. The van der Waals surface area contributed by atoms with Gasteiger partial charge in [0.05, 0.1) is 12.6 Å². The molecule has 1 unspecified atom stereocenters. The number of nitrogens with one attached hydrogen (secondary N) is 2. The number of H-pyrrole nitrogens is 1. The summed E-state index contributed by atoms with van der Waals surface area (Å²) in [5.41, 5.74) is 5.22. The minimum absolute atomic E-state index is 0.0300. The molecule has 6 nitrogen and oxygen atoms in total. The quantitative estimate of drug-likeness (QED) is 0.557. The van der Waals surface area contributed by atoms with Crippen molar-refractivity contribution in [2.24, 2.45) is 5.73 Å². The fourth-order valence-electron chi connectivity index (χ4n) is 1.11. The summed E-state index contributed by atoms with van der Waals surface area (Å²) >= 11 is 0. The van der Waals surface area contributed by atoms with Crippen molar-refractivity contribution in [3.63, 3.8) is 0 Å². The highest BCUT2D eigenvalue weighted by Crippen LogP contribution is 2.04. The molecule has 1 aromatic heterocycles. The maximum Gasteiger partial charge on any atom is 0.246 e. The summed E-state index contributed by atoms with van der Waals surface area (Å²) in [7, 11) is 0. The third-order valence-electron chi connectivity index (χ3n) is 1.80. The van der Waals surface area contributed by atoms with E-state index in [1.807, 2.05) is 6.92 Å². The van der Waals surface area contributed by atoms with Gasteiger partial charge in [0.15, 0.2) is 0 Å². The minimum atomic E-state index is -0.174. The number of rotatable bonds is 6. The zero-order valence-corrected chi connectivity index (χ0v) is 8.69. The summed E-state index contributed by atoms with van der Waals surface area (Å²) in [6.07, 6.45) is 3.35. The van der Waals surface area contributed by atoms with Gasteiger partial charge in [0.1, 0.15) is 12.4 Å². The second-order valence-corrected chi connectivity index (χ2v) is 3.10. The third kappa shape index (κ3) is 4.09. The van der Waals surface area contributed by atoms with Gasteiger partial charge in [-0.3, -0.25) is 4.79 Å². The average molecular weight is 212 g/mol. The molecule has 0 radical (unpaired) electrons. The van der Waals surface area contributed by atoms with Gasteiger partial charge in [0, 0.05) is 18.9 Å². The molecule has 6 heteroatoms. The van der Waals surface area contributed by atoms with E-state index in [4.69, 9.17) is 10.5 Å². The number of hydrogen-bond acceptors (Lipinski definition) is 4. The Morgan fingerprint density at radius 2 is 2.60 bits per heavy atom. The van der Waals surface area contributed by atoms with Crippen LogP contribution in [0.25, 0.3) is 0 Å². The lowest BCUT2D eigenvalue weighted by Gasteiger charge is -2.11. The normalized spacial score (nSPS) is 12.4. The second kappa shape index (κ2) is 6.15. The molecule has 0 fully saturated rings. The second-order valence-electron chi connectivity index (χ2n) is 3.10. The highest BCUT2D eigenvalue weighted by atomic mass is 16.5. The largest absolute Gasteiger partial charge is 0.370 e. The van der Waals surface area contributed by atoms with Crippen LogP contribution in [-0.4, -0.2) is 35.6 Å². The van der Waals surface area contributed by atoms with Crippen molar-refractivity contribution < 1.29 is 9.53 Å². The highest BCUT2D eigenvalue weighted by molar-refractivity contribution is 5.77. The number of aromatic nitrogens is 2. The van der Waals surface area contributed by atoms with E-state index >= 15 is 0 Å². The molecule has 1 amide bonds. The number of nitrogens with two attached hydrogens (primary N) is 1. The van der Waals surface area contributed by atoms with E-state index < -0.39 is 0 Å². The van der Waals surface area contributed by atoms with Crippen LogP contribution in [0, 0.1) is 0 Å². The van der Waals surface area contributed by atoms with Crippen LogP contribution in [0.2, 0.25) is 0 Å². The van der Waals surface area contributed by atoms with Crippen LogP contribution in [0.1, 0.15) is 18.8 Å². The summed E-state index contributed by atoms with van der Waals surface area (Å²) in [5, 5.41) is 2.74. The molecule has 0 saturated heterocycles. The van der Waals surface area contributed by atoms with E-state index in [1.165, 1.54) is 0 Å². The first-order chi connectivity index (χ1) is 7.24. The van der Waals surface area contributed by atoms with Crippen molar-refractivity contribution in [2.45, 2.75) is 13.0 Å². The molecule has 0 bridgehead atoms. The number of carbonyl (C=O) groups is 1. The number of carbonyl (C=O) groups excluding carboxylic acids is 1. The lowest BCUT2D eigenvalue weighted by Crippen LogP contribution is -2.31. The predicted octanol–water partition coefficient (Wildman–Crippen LogP) is -0.438. The standard InChI is InChI=1S/C9H16N4O2/c1-7(9-11-3-4-12-9)13-8(14)6-15-5-2-10/h3-4,7H,2,5-6,10H2,1H3,(H,11,12)(H,13,14). The molecule has 0 aromatic carbocycles. The van der Waals surface area contributed by atoms with E-state index in [9.17, 15) is 4.79 Å². The van der Waals surface area contributed by atoms with E-state index in [2.05, 4.69) is 15.3 Å². The molecule has 0 saturated carbocycles. The van der Waals surface area contributed by atoms with Crippen LogP contribution in [0.4, 0.5) is 0 Å². The lowest BCUT2D eigenvalue weighted by molar-refractivity contribution is -0.126. The Morgan fingerprint density at radius 3 is 3.20 bits per heavy atom. The molecule has 1 heterocycles. The van der Waals surface area contributed by atoms with Gasteiger partial charge in [0.25, 0.3) is 0 Å². The van der Waals surface area contributed by atoms with Crippen LogP contribution in [0.3, 0.4) is 0 Å². The molecular formula is C9H16N4O2. The first-order valence-corrected chi connectivity index (χ1v) is 4.80. The molecule has 15 heavy (non-hydrogen) atoms. The zero-order valence-electron chi connectivity index (χ0n) is 8.69. The minimum Gasteiger partial charge on any atom is -0.370 e. The fraction of sp³-hybridized carbons (Fsp3) is 0.556. The Bertz CT molecular complexity index is 286. The maximum absolute atomic E-state index is 11.3.